The van der Waals surface area contributed by atoms with Crippen molar-refractivity contribution >= 4 is 38.9 Å². The summed E-state index contributed by atoms with van der Waals surface area (Å²) in [5.41, 5.74) is 1.38. The highest BCUT2D eigenvalue weighted by atomic mass is 35.5. The van der Waals surface area contributed by atoms with Crippen LogP contribution in [0.2, 0.25) is 5.02 Å². The molecule has 1 N–H and O–H groups in total. The van der Waals surface area contributed by atoms with E-state index in [0.717, 1.165) is 9.99 Å². The van der Waals surface area contributed by atoms with Crippen LogP contribution < -0.4 is 19.3 Å². The lowest BCUT2D eigenvalue weighted by Crippen LogP contribution is -2.42. The van der Waals surface area contributed by atoms with Crippen molar-refractivity contribution in [3.05, 3.63) is 83.9 Å². The number of halogens is 1. The van der Waals surface area contributed by atoms with E-state index < -0.39 is 15.9 Å². The third-order valence-electron chi connectivity index (χ3n) is 5.09. The maximum atomic E-state index is 13.4. The highest BCUT2D eigenvalue weighted by Crippen LogP contribution is 2.26. The Balaban J connectivity index is 1.75. The first-order valence-corrected chi connectivity index (χ1v) is 12.7. The van der Waals surface area contributed by atoms with E-state index in [4.69, 9.17) is 16.3 Å². The van der Waals surface area contributed by atoms with Crippen LogP contribution in [0.25, 0.3) is 0 Å². The van der Waals surface area contributed by atoms with Gasteiger partial charge in [0, 0.05) is 30.8 Å². The summed E-state index contributed by atoms with van der Waals surface area (Å²) in [4.78, 5) is 14.8. The van der Waals surface area contributed by atoms with Gasteiger partial charge in [-0.1, -0.05) is 29.8 Å². The Morgan fingerprint density at radius 2 is 1.59 bits per heavy atom. The molecule has 0 radical (unpaired) electrons. The molecule has 180 valence electrons. The zero-order valence-corrected chi connectivity index (χ0v) is 20.7. The smallest absolute Gasteiger partial charge is 0.264 e. The van der Waals surface area contributed by atoms with Crippen molar-refractivity contribution in [1.82, 2.24) is 5.32 Å². The van der Waals surface area contributed by atoms with Crippen LogP contribution in [0.5, 0.6) is 5.75 Å². The Morgan fingerprint density at radius 3 is 2.21 bits per heavy atom. The molecule has 0 saturated carbocycles. The molecule has 0 aliphatic heterocycles. The molecule has 0 aliphatic rings. The lowest BCUT2D eigenvalue weighted by atomic mass is 10.3. The van der Waals surface area contributed by atoms with Crippen molar-refractivity contribution in [3.63, 3.8) is 0 Å². The average molecular weight is 502 g/mol. The molecule has 0 atom stereocenters. The summed E-state index contributed by atoms with van der Waals surface area (Å²) < 4.78 is 33.4. The molecule has 0 heterocycles. The van der Waals surface area contributed by atoms with E-state index in [0.29, 0.717) is 36.2 Å². The van der Waals surface area contributed by atoms with Crippen LogP contribution in [-0.4, -0.2) is 47.6 Å². The van der Waals surface area contributed by atoms with Crippen molar-refractivity contribution in [3.8, 4) is 5.75 Å². The van der Waals surface area contributed by atoms with Gasteiger partial charge in [0.05, 0.1) is 17.2 Å². The monoisotopic (exact) mass is 501 g/mol. The Labute approximate surface area is 206 Å². The molecule has 3 aromatic rings. The van der Waals surface area contributed by atoms with Crippen LogP contribution in [0.15, 0.2) is 83.8 Å². The summed E-state index contributed by atoms with van der Waals surface area (Å²) in [5.74, 6) is 0.205. The number of sulfonamides is 1. The predicted octanol–water partition coefficient (Wildman–Crippen LogP) is 4.19. The molecule has 3 aromatic carbocycles. The molecule has 34 heavy (non-hydrogen) atoms. The van der Waals surface area contributed by atoms with E-state index >= 15 is 0 Å². The molecule has 7 nitrogen and oxygen atoms in total. The average Bonchev–Trinajstić information content (AvgIpc) is 2.84. The number of ether oxygens (including phenoxy) is 1. The molecule has 0 fully saturated rings. The minimum absolute atomic E-state index is 0.0439. The standard InChI is InChI=1S/C25H28ClN3O4S/c1-3-33-23-13-11-22(12-14-23)29(34(31,32)24-15-9-20(26)10-16-24)19-25(30)27-17-18-28(2)21-7-5-4-6-8-21/h4-16H,3,17-19H2,1-2H3,(H,27,30). The van der Waals surface area contributed by atoms with E-state index in [2.05, 4.69) is 5.32 Å². The number of hydrogen-bond acceptors (Lipinski definition) is 5. The summed E-state index contributed by atoms with van der Waals surface area (Å²) in [6.45, 7) is 2.93. The molecule has 0 aliphatic carbocycles. The first-order chi connectivity index (χ1) is 16.3. The van der Waals surface area contributed by atoms with Gasteiger partial charge in [-0.2, -0.15) is 0 Å². The predicted molar refractivity (Wildman–Crippen MR) is 136 cm³/mol. The SMILES string of the molecule is CCOc1ccc(N(CC(=O)NCCN(C)c2ccccc2)S(=O)(=O)c2ccc(Cl)cc2)cc1. The van der Waals surface area contributed by atoms with E-state index in [1.165, 1.54) is 24.3 Å². The molecule has 1 amide bonds. The molecule has 0 spiro atoms. The third kappa shape index (κ3) is 6.65. The second kappa shape index (κ2) is 11.8. The number of carbonyl (C=O) groups excluding carboxylic acids is 1. The van der Waals surface area contributed by atoms with Gasteiger partial charge in [0.1, 0.15) is 12.3 Å². The van der Waals surface area contributed by atoms with E-state index in [-0.39, 0.29) is 11.4 Å². The third-order valence-corrected chi connectivity index (χ3v) is 7.13. The van der Waals surface area contributed by atoms with Gasteiger partial charge in [-0.15, -0.1) is 0 Å². The molecule has 0 bridgehead atoms. The largest absolute Gasteiger partial charge is 0.494 e. The Morgan fingerprint density at radius 1 is 0.941 bits per heavy atom. The summed E-state index contributed by atoms with van der Waals surface area (Å²) in [6.07, 6.45) is 0. The Bertz CT molecular complexity index is 1170. The van der Waals surface area contributed by atoms with Gasteiger partial charge in [0.25, 0.3) is 10.0 Å². The fourth-order valence-electron chi connectivity index (χ4n) is 3.29. The van der Waals surface area contributed by atoms with Crippen molar-refractivity contribution in [1.29, 1.82) is 0 Å². The first-order valence-electron chi connectivity index (χ1n) is 10.9. The van der Waals surface area contributed by atoms with Crippen LogP contribution in [0, 0.1) is 0 Å². The maximum absolute atomic E-state index is 13.4. The van der Waals surface area contributed by atoms with Crippen LogP contribution in [0.3, 0.4) is 0 Å². The van der Waals surface area contributed by atoms with Crippen molar-refractivity contribution < 1.29 is 17.9 Å². The topological polar surface area (TPSA) is 79.0 Å². The van der Waals surface area contributed by atoms with Crippen molar-refractivity contribution in [2.24, 2.45) is 0 Å². The zero-order valence-electron chi connectivity index (χ0n) is 19.1. The van der Waals surface area contributed by atoms with E-state index in [1.54, 1.807) is 24.3 Å². The quantitative estimate of drug-likeness (QED) is 0.426. The van der Waals surface area contributed by atoms with Crippen LogP contribution >= 0.6 is 11.6 Å². The fraction of sp³-hybridized carbons (Fsp3) is 0.240. The number of para-hydroxylation sites is 1. The molecule has 0 saturated heterocycles. The number of nitrogens with one attached hydrogen (secondary N) is 1. The molecule has 0 unspecified atom stereocenters. The fourth-order valence-corrected chi connectivity index (χ4v) is 4.83. The number of carbonyl (C=O) groups is 1. The van der Waals surface area contributed by atoms with Gasteiger partial charge in [0.2, 0.25) is 5.91 Å². The number of hydrogen-bond donors (Lipinski definition) is 1. The van der Waals surface area contributed by atoms with Gasteiger partial charge in [-0.3, -0.25) is 9.10 Å². The molecule has 0 aromatic heterocycles. The molecule has 3 rings (SSSR count). The van der Waals surface area contributed by atoms with Crippen molar-refractivity contribution in [2.75, 3.05) is 42.5 Å². The van der Waals surface area contributed by atoms with Gasteiger partial charge >= 0.3 is 0 Å². The number of likely N-dealkylation sites (N-methyl/N-ethyl adjacent to an activating group) is 1. The number of amides is 1. The summed E-state index contributed by atoms with van der Waals surface area (Å²) in [6, 6.07) is 22.2. The van der Waals surface area contributed by atoms with E-state index in [9.17, 15) is 13.2 Å². The Hall–Kier alpha value is -3.23. The van der Waals surface area contributed by atoms with E-state index in [1.807, 2.05) is 49.2 Å². The highest BCUT2D eigenvalue weighted by Gasteiger charge is 2.27. The van der Waals surface area contributed by atoms with Crippen LogP contribution in [-0.2, 0) is 14.8 Å². The van der Waals surface area contributed by atoms with Gasteiger partial charge in [-0.25, -0.2) is 8.42 Å². The Kier molecular flexibility index (Phi) is 8.79. The summed E-state index contributed by atoms with van der Waals surface area (Å²) in [5, 5.41) is 3.24. The van der Waals surface area contributed by atoms with Crippen LogP contribution in [0.1, 0.15) is 6.92 Å². The normalized spacial score (nSPS) is 11.0. The minimum Gasteiger partial charge on any atom is -0.494 e. The molecular weight excluding hydrogens is 474 g/mol. The maximum Gasteiger partial charge on any atom is 0.264 e. The van der Waals surface area contributed by atoms with Crippen molar-refractivity contribution in [2.45, 2.75) is 11.8 Å². The number of benzene rings is 3. The van der Waals surface area contributed by atoms with Gasteiger partial charge in [-0.05, 0) is 67.6 Å². The highest BCUT2D eigenvalue weighted by molar-refractivity contribution is 7.92. The zero-order chi connectivity index (χ0) is 24.6. The molecular formula is C25H28ClN3O4S. The van der Waals surface area contributed by atoms with Gasteiger partial charge < -0.3 is 15.0 Å². The minimum atomic E-state index is -4.01. The molecule has 9 heteroatoms. The summed E-state index contributed by atoms with van der Waals surface area (Å²) >= 11 is 5.93. The number of rotatable bonds is 11. The lowest BCUT2D eigenvalue weighted by Gasteiger charge is -2.25. The van der Waals surface area contributed by atoms with Gasteiger partial charge in [0.15, 0.2) is 0 Å². The second-order valence-corrected chi connectivity index (χ2v) is 9.80. The summed E-state index contributed by atoms with van der Waals surface area (Å²) in [7, 11) is -2.08. The van der Waals surface area contributed by atoms with Crippen LogP contribution in [0.4, 0.5) is 11.4 Å². The number of nitrogens with zero attached hydrogens (tertiary/aromatic N) is 2. The first kappa shape index (κ1) is 25.4. The number of anilines is 2. The lowest BCUT2D eigenvalue weighted by molar-refractivity contribution is -0.119. The second-order valence-electron chi connectivity index (χ2n) is 7.50.